The van der Waals surface area contributed by atoms with E-state index in [2.05, 4.69) is 31.2 Å². The standard InChI is InChI=1S/C14H15N/c1-10-11-6-2-3-7-12(11)13-8-4-5-9-14(13)15-10/h2-3,6-7H,4-5,8-9H2,1H3. The Labute approximate surface area is 90.2 Å². The lowest BCUT2D eigenvalue weighted by molar-refractivity contribution is 0.671. The van der Waals surface area contributed by atoms with Crippen LogP contribution in [-0.2, 0) is 12.8 Å². The maximum atomic E-state index is 4.74. The molecular weight excluding hydrogens is 182 g/mol. The number of rotatable bonds is 0. The molecule has 0 saturated heterocycles. The van der Waals surface area contributed by atoms with Gasteiger partial charge in [-0.1, -0.05) is 24.3 Å². The summed E-state index contributed by atoms with van der Waals surface area (Å²) in [4.78, 5) is 4.74. The molecule has 0 saturated carbocycles. The van der Waals surface area contributed by atoms with Gasteiger partial charge in [0.15, 0.2) is 0 Å². The van der Waals surface area contributed by atoms with Crippen LogP contribution in [0.1, 0.15) is 29.8 Å². The van der Waals surface area contributed by atoms with Crippen molar-refractivity contribution < 1.29 is 0 Å². The van der Waals surface area contributed by atoms with E-state index in [4.69, 9.17) is 4.98 Å². The Hall–Kier alpha value is -1.37. The summed E-state index contributed by atoms with van der Waals surface area (Å²) >= 11 is 0. The van der Waals surface area contributed by atoms with Crippen molar-refractivity contribution in [3.05, 3.63) is 41.2 Å². The van der Waals surface area contributed by atoms with Crippen molar-refractivity contribution in [3.63, 3.8) is 0 Å². The lowest BCUT2D eigenvalue weighted by Crippen LogP contribution is -2.07. The normalized spacial score (nSPS) is 15.3. The molecule has 1 aliphatic carbocycles. The molecule has 15 heavy (non-hydrogen) atoms. The van der Waals surface area contributed by atoms with Crippen LogP contribution in [0.4, 0.5) is 0 Å². The van der Waals surface area contributed by atoms with E-state index in [1.165, 1.54) is 53.4 Å². The maximum Gasteiger partial charge on any atom is 0.0454 e. The van der Waals surface area contributed by atoms with Crippen LogP contribution in [0.3, 0.4) is 0 Å². The van der Waals surface area contributed by atoms with Crippen LogP contribution in [-0.4, -0.2) is 4.98 Å². The first-order valence-electron chi connectivity index (χ1n) is 5.73. The molecule has 76 valence electrons. The van der Waals surface area contributed by atoms with Crippen LogP contribution in [0.5, 0.6) is 0 Å². The molecule has 1 aromatic carbocycles. The lowest BCUT2D eigenvalue weighted by Gasteiger charge is -2.18. The Kier molecular flexibility index (Phi) is 1.98. The zero-order valence-corrected chi connectivity index (χ0v) is 9.09. The highest BCUT2D eigenvalue weighted by Crippen LogP contribution is 2.28. The van der Waals surface area contributed by atoms with E-state index in [1.54, 1.807) is 0 Å². The van der Waals surface area contributed by atoms with E-state index in [-0.39, 0.29) is 0 Å². The average molecular weight is 197 g/mol. The molecule has 1 nitrogen and oxygen atoms in total. The number of hydrogen-bond acceptors (Lipinski definition) is 1. The molecule has 0 unspecified atom stereocenters. The summed E-state index contributed by atoms with van der Waals surface area (Å²) in [6.45, 7) is 2.12. The Morgan fingerprint density at radius 1 is 1.00 bits per heavy atom. The first-order valence-corrected chi connectivity index (χ1v) is 5.73. The molecule has 0 N–H and O–H groups in total. The molecule has 0 amide bonds. The first-order chi connectivity index (χ1) is 7.36. The van der Waals surface area contributed by atoms with Crippen LogP contribution < -0.4 is 0 Å². The predicted octanol–water partition coefficient (Wildman–Crippen LogP) is 3.42. The summed E-state index contributed by atoms with van der Waals surface area (Å²) in [5.74, 6) is 0. The van der Waals surface area contributed by atoms with Gasteiger partial charge in [-0.3, -0.25) is 4.98 Å². The average Bonchev–Trinajstić information content (AvgIpc) is 2.30. The number of aryl methyl sites for hydroxylation is 3. The highest BCUT2D eigenvalue weighted by molar-refractivity contribution is 5.88. The summed E-state index contributed by atoms with van der Waals surface area (Å²) in [5, 5.41) is 2.76. The van der Waals surface area contributed by atoms with E-state index < -0.39 is 0 Å². The molecule has 0 spiro atoms. The minimum absolute atomic E-state index is 1.17. The van der Waals surface area contributed by atoms with Crippen LogP contribution in [0.15, 0.2) is 24.3 Å². The van der Waals surface area contributed by atoms with Gasteiger partial charge in [-0.05, 0) is 43.6 Å². The summed E-state index contributed by atoms with van der Waals surface area (Å²) in [6.07, 6.45) is 5.00. The summed E-state index contributed by atoms with van der Waals surface area (Å²) in [6, 6.07) is 8.67. The zero-order chi connectivity index (χ0) is 10.3. The minimum atomic E-state index is 1.17. The Morgan fingerprint density at radius 2 is 1.73 bits per heavy atom. The Morgan fingerprint density at radius 3 is 2.60 bits per heavy atom. The van der Waals surface area contributed by atoms with Gasteiger partial charge >= 0.3 is 0 Å². The molecule has 0 fully saturated rings. The third-order valence-electron chi connectivity index (χ3n) is 3.38. The quantitative estimate of drug-likeness (QED) is 0.630. The van der Waals surface area contributed by atoms with Crippen molar-refractivity contribution in [2.75, 3.05) is 0 Å². The largest absolute Gasteiger partial charge is 0.257 e. The van der Waals surface area contributed by atoms with Crippen molar-refractivity contribution >= 4 is 10.8 Å². The Balaban J connectivity index is 2.39. The molecule has 0 atom stereocenters. The third-order valence-corrected chi connectivity index (χ3v) is 3.38. The third kappa shape index (κ3) is 1.34. The van der Waals surface area contributed by atoms with Crippen LogP contribution in [0, 0.1) is 6.92 Å². The second kappa shape index (κ2) is 3.34. The van der Waals surface area contributed by atoms with Gasteiger partial charge in [-0.15, -0.1) is 0 Å². The van der Waals surface area contributed by atoms with Gasteiger partial charge in [0.25, 0.3) is 0 Å². The molecule has 0 bridgehead atoms. The highest BCUT2D eigenvalue weighted by atomic mass is 14.7. The molecule has 3 rings (SSSR count). The monoisotopic (exact) mass is 197 g/mol. The second-order valence-corrected chi connectivity index (χ2v) is 4.38. The molecule has 0 aliphatic heterocycles. The SMILES string of the molecule is Cc1nc2c(c3ccccc13)CCCC2. The van der Waals surface area contributed by atoms with E-state index in [9.17, 15) is 0 Å². The maximum absolute atomic E-state index is 4.74. The number of benzene rings is 1. The highest BCUT2D eigenvalue weighted by Gasteiger charge is 2.14. The fraction of sp³-hybridized carbons (Fsp3) is 0.357. The zero-order valence-electron chi connectivity index (χ0n) is 9.09. The molecule has 2 aromatic rings. The van der Waals surface area contributed by atoms with E-state index >= 15 is 0 Å². The number of hydrogen-bond donors (Lipinski definition) is 0. The number of fused-ring (bicyclic) bond motifs is 3. The van der Waals surface area contributed by atoms with Gasteiger partial charge in [-0.2, -0.15) is 0 Å². The molecule has 1 aromatic heterocycles. The summed E-state index contributed by atoms with van der Waals surface area (Å²) < 4.78 is 0. The van der Waals surface area contributed by atoms with Crippen molar-refractivity contribution in [1.29, 1.82) is 0 Å². The Bertz CT molecular complexity index is 514. The van der Waals surface area contributed by atoms with Crippen molar-refractivity contribution in [2.45, 2.75) is 32.6 Å². The molecule has 1 heteroatoms. The van der Waals surface area contributed by atoms with Crippen molar-refractivity contribution in [1.82, 2.24) is 4.98 Å². The fourth-order valence-corrected chi connectivity index (χ4v) is 2.63. The minimum Gasteiger partial charge on any atom is -0.257 e. The van der Waals surface area contributed by atoms with Crippen molar-refractivity contribution in [3.8, 4) is 0 Å². The van der Waals surface area contributed by atoms with Gasteiger partial charge in [0.1, 0.15) is 0 Å². The molecule has 1 heterocycles. The number of nitrogens with zero attached hydrogens (tertiary/aromatic N) is 1. The summed E-state index contributed by atoms with van der Waals surface area (Å²) in [5.41, 5.74) is 4.03. The van der Waals surface area contributed by atoms with Gasteiger partial charge in [-0.25, -0.2) is 0 Å². The smallest absolute Gasteiger partial charge is 0.0454 e. The van der Waals surface area contributed by atoms with E-state index in [0.717, 1.165) is 0 Å². The lowest BCUT2D eigenvalue weighted by atomic mass is 9.91. The van der Waals surface area contributed by atoms with E-state index in [0.29, 0.717) is 0 Å². The van der Waals surface area contributed by atoms with E-state index in [1.807, 2.05) is 0 Å². The molecule has 0 radical (unpaired) electrons. The predicted molar refractivity (Wildman–Crippen MR) is 63.1 cm³/mol. The number of aromatic nitrogens is 1. The van der Waals surface area contributed by atoms with Gasteiger partial charge < -0.3 is 0 Å². The molecular formula is C14H15N. The van der Waals surface area contributed by atoms with Gasteiger partial charge in [0.2, 0.25) is 0 Å². The topological polar surface area (TPSA) is 12.9 Å². The second-order valence-electron chi connectivity index (χ2n) is 4.38. The van der Waals surface area contributed by atoms with Crippen molar-refractivity contribution in [2.24, 2.45) is 0 Å². The van der Waals surface area contributed by atoms with Crippen LogP contribution in [0.2, 0.25) is 0 Å². The first kappa shape index (κ1) is 8.90. The summed E-state index contributed by atoms with van der Waals surface area (Å²) in [7, 11) is 0. The van der Waals surface area contributed by atoms with Crippen LogP contribution >= 0.6 is 0 Å². The molecule has 1 aliphatic rings. The van der Waals surface area contributed by atoms with Gasteiger partial charge in [0, 0.05) is 16.8 Å². The van der Waals surface area contributed by atoms with Gasteiger partial charge in [0.05, 0.1) is 0 Å². The van der Waals surface area contributed by atoms with Crippen LogP contribution in [0.25, 0.3) is 10.8 Å². The number of pyridine rings is 1. The fourth-order valence-electron chi connectivity index (χ4n) is 2.63.